The third-order valence-electron chi connectivity index (χ3n) is 4.51. The number of hydrogen-bond donors (Lipinski definition) is 1. The minimum absolute atomic E-state index is 0.00144. The number of halogens is 2. The number of carbonyl (C=O) groups excluding carboxylic acids is 1. The third-order valence-corrected chi connectivity index (χ3v) is 5.50. The Kier molecular flexibility index (Phi) is 5.98. The zero-order valence-corrected chi connectivity index (χ0v) is 17.5. The summed E-state index contributed by atoms with van der Waals surface area (Å²) in [6.07, 6.45) is 0.948. The van der Waals surface area contributed by atoms with E-state index in [4.69, 9.17) is 4.98 Å². The minimum Gasteiger partial charge on any atom is -0.363 e. The van der Waals surface area contributed by atoms with Crippen LogP contribution in [0.5, 0.6) is 0 Å². The molecule has 2 aromatic rings. The van der Waals surface area contributed by atoms with Gasteiger partial charge < -0.3 is 10.2 Å². The third kappa shape index (κ3) is 5.04. The van der Waals surface area contributed by atoms with E-state index in [0.29, 0.717) is 23.8 Å². The second kappa shape index (κ2) is 8.11. The van der Waals surface area contributed by atoms with Crippen LogP contribution in [0.25, 0.3) is 0 Å². The fourth-order valence-corrected chi connectivity index (χ4v) is 4.06. The maximum absolute atomic E-state index is 12.8. The van der Waals surface area contributed by atoms with Gasteiger partial charge in [-0.05, 0) is 36.8 Å². The van der Waals surface area contributed by atoms with Crippen molar-refractivity contribution >= 4 is 28.7 Å². The lowest BCUT2D eigenvalue weighted by atomic mass is 9.92. The number of pyridine rings is 1. The first-order valence-electron chi connectivity index (χ1n) is 9.40. The van der Waals surface area contributed by atoms with Crippen molar-refractivity contribution in [1.29, 1.82) is 0 Å². The molecule has 0 fully saturated rings. The number of amides is 1. The SMILES string of the molecule is Cc1cc2c(nc1NC(=O)CC(C)(C)C)CCCN2Cc1ncc(C(F)F)s1. The number of aryl methyl sites for hydroxylation is 2. The summed E-state index contributed by atoms with van der Waals surface area (Å²) in [5.74, 6) is 0.558. The van der Waals surface area contributed by atoms with E-state index in [9.17, 15) is 13.6 Å². The number of thiazole rings is 1. The van der Waals surface area contributed by atoms with Crippen molar-refractivity contribution in [2.24, 2.45) is 5.41 Å². The van der Waals surface area contributed by atoms with Gasteiger partial charge in [-0.3, -0.25) is 4.79 Å². The molecule has 0 bridgehead atoms. The van der Waals surface area contributed by atoms with Gasteiger partial charge in [0.25, 0.3) is 6.43 Å². The topological polar surface area (TPSA) is 58.1 Å². The van der Waals surface area contributed by atoms with E-state index in [1.807, 2.05) is 33.8 Å². The summed E-state index contributed by atoms with van der Waals surface area (Å²) in [7, 11) is 0. The molecular weight excluding hydrogens is 382 g/mol. The number of carbonyl (C=O) groups is 1. The van der Waals surface area contributed by atoms with E-state index in [-0.39, 0.29) is 16.2 Å². The number of nitrogens with one attached hydrogen (secondary N) is 1. The molecule has 1 aliphatic heterocycles. The largest absolute Gasteiger partial charge is 0.363 e. The van der Waals surface area contributed by atoms with Crippen molar-refractivity contribution < 1.29 is 13.6 Å². The van der Waals surface area contributed by atoms with E-state index in [1.165, 1.54) is 6.20 Å². The van der Waals surface area contributed by atoms with Crippen LogP contribution in [0.4, 0.5) is 20.3 Å². The molecule has 1 amide bonds. The molecule has 0 spiro atoms. The fraction of sp³-hybridized carbons (Fsp3) is 0.550. The van der Waals surface area contributed by atoms with Gasteiger partial charge in [-0.15, -0.1) is 11.3 Å². The van der Waals surface area contributed by atoms with Gasteiger partial charge in [-0.1, -0.05) is 20.8 Å². The molecule has 0 saturated heterocycles. The second-order valence-corrected chi connectivity index (χ2v) is 9.53. The first-order chi connectivity index (χ1) is 13.1. The normalized spacial score (nSPS) is 14.3. The molecular formula is C20H26F2N4OS. The second-order valence-electron chi connectivity index (χ2n) is 8.39. The molecule has 1 aliphatic rings. The quantitative estimate of drug-likeness (QED) is 0.747. The van der Waals surface area contributed by atoms with E-state index < -0.39 is 6.43 Å². The molecule has 5 nitrogen and oxygen atoms in total. The summed E-state index contributed by atoms with van der Waals surface area (Å²) in [5, 5.41) is 3.60. The highest BCUT2D eigenvalue weighted by Gasteiger charge is 2.23. The van der Waals surface area contributed by atoms with Crippen molar-refractivity contribution in [1.82, 2.24) is 9.97 Å². The molecule has 28 heavy (non-hydrogen) atoms. The van der Waals surface area contributed by atoms with Crippen molar-refractivity contribution in [3.05, 3.63) is 33.4 Å². The Hall–Kier alpha value is -2.09. The number of aromatic nitrogens is 2. The first-order valence-corrected chi connectivity index (χ1v) is 10.2. The molecule has 0 aliphatic carbocycles. The molecule has 0 aromatic carbocycles. The Balaban J connectivity index is 1.78. The van der Waals surface area contributed by atoms with E-state index in [1.54, 1.807) is 0 Å². The van der Waals surface area contributed by atoms with Gasteiger partial charge in [0.05, 0.1) is 22.8 Å². The summed E-state index contributed by atoms with van der Waals surface area (Å²) < 4.78 is 25.6. The Labute approximate surface area is 168 Å². The zero-order chi connectivity index (χ0) is 20.5. The van der Waals surface area contributed by atoms with Crippen LogP contribution in [0.3, 0.4) is 0 Å². The highest BCUT2D eigenvalue weighted by atomic mass is 32.1. The number of rotatable bonds is 5. The van der Waals surface area contributed by atoms with Crippen LogP contribution in [0.2, 0.25) is 0 Å². The summed E-state index contributed by atoms with van der Waals surface area (Å²) in [5.41, 5.74) is 2.72. The standard InChI is InChI=1S/C20H26F2N4OS/c1-12-8-14-13(24-19(12)25-16(27)9-20(2,3)4)6-5-7-26(14)11-17-23-10-15(28-17)18(21)22/h8,10,18H,5-7,9,11H2,1-4H3,(H,24,25,27). The highest BCUT2D eigenvalue weighted by Crippen LogP contribution is 2.32. The molecule has 0 saturated carbocycles. The average Bonchev–Trinajstić information content (AvgIpc) is 3.03. The molecule has 152 valence electrons. The van der Waals surface area contributed by atoms with E-state index in [2.05, 4.69) is 15.2 Å². The zero-order valence-electron chi connectivity index (χ0n) is 16.7. The predicted molar refractivity (Wildman–Crippen MR) is 108 cm³/mol. The number of alkyl halides is 2. The van der Waals surface area contributed by atoms with Crippen LogP contribution in [0.15, 0.2) is 12.3 Å². The van der Waals surface area contributed by atoms with Gasteiger partial charge in [0, 0.05) is 19.2 Å². The molecule has 2 aromatic heterocycles. The van der Waals surface area contributed by atoms with Crippen molar-refractivity contribution in [3.8, 4) is 0 Å². The summed E-state index contributed by atoms with van der Waals surface area (Å²) in [6, 6.07) is 2.02. The van der Waals surface area contributed by atoms with Gasteiger partial charge in [-0.2, -0.15) is 0 Å². The Morgan fingerprint density at radius 3 is 2.79 bits per heavy atom. The van der Waals surface area contributed by atoms with Crippen LogP contribution in [0.1, 0.15) is 61.2 Å². The first kappa shape index (κ1) is 20.6. The van der Waals surface area contributed by atoms with Crippen molar-refractivity contribution in [3.63, 3.8) is 0 Å². The van der Waals surface area contributed by atoms with Gasteiger partial charge in [0.1, 0.15) is 10.8 Å². The average molecular weight is 409 g/mol. The lowest BCUT2D eigenvalue weighted by Crippen LogP contribution is -2.30. The van der Waals surface area contributed by atoms with Crippen LogP contribution >= 0.6 is 11.3 Å². The van der Waals surface area contributed by atoms with Crippen molar-refractivity contribution in [2.75, 3.05) is 16.8 Å². The number of anilines is 2. The molecule has 0 radical (unpaired) electrons. The monoisotopic (exact) mass is 408 g/mol. The Morgan fingerprint density at radius 2 is 2.14 bits per heavy atom. The molecule has 3 heterocycles. The summed E-state index contributed by atoms with van der Waals surface area (Å²) >= 11 is 1.05. The Bertz CT molecular complexity index is 860. The Morgan fingerprint density at radius 1 is 1.39 bits per heavy atom. The van der Waals surface area contributed by atoms with E-state index >= 15 is 0 Å². The molecule has 8 heteroatoms. The maximum Gasteiger partial charge on any atom is 0.274 e. The predicted octanol–water partition coefficient (Wildman–Crippen LogP) is 5.11. The lowest BCUT2D eigenvalue weighted by molar-refractivity contribution is -0.117. The van der Waals surface area contributed by atoms with Crippen LogP contribution < -0.4 is 10.2 Å². The number of nitrogens with zero attached hydrogens (tertiary/aromatic N) is 3. The van der Waals surface area contributed by atoms with Gasteiger partial charge in [0.15, 0.2) is 0 Å². The maximum atomic E-state index is 12.8. The van der Waals surface area contributed by atoms with Crippen LogP contribution in [-0.4, -0.2) is 22.4 Å². The molecule has 0 unspecified atom stereocenters. The molecule has 3 rings (SSSR count). The summed E-state index contributed by atoms with van der Waals surface area (Å²) in [4.78, 5) is 23.2. The van der Waals surface area contributed by atoms with Crippen molar-refractivity contribution in [2.45, 2.75) is 59.9 Å². The molecule has 0 atom stereocenters. The van der Waals surface area contributed by atoms with Crippen LogP contribution in [0, 0.1) is 12.3 Å². The van der Waals surface area contributed by atoms with E-state index in [0.717, 1.165) is 47.7 Å². The minimum atomic E-state index is -2.48. The van der Waals surface area contributed by atoms with Gasteiger partial charge in [0.2, 0.25) is 5.91 Å². The number of fused-ring (bicyclic) bond motifs is 1. The fourth-order valence-electron chi connectivity index (χ4n) is 3.26. The summed E-state index contributed by atoms with van der Waals surface area (Å²) in [6.45, 7) is 9.31. The molecule has 1 N–H and O–H groups in total. The van der Waals surface area contributed by atoms with Crippen LogP contribution in [-0.2, 0) is 17.8 Å². The highest BCUT2D eigenvalue weighted by molar-refractivity contribution is 7.11. The smallest absolute Gasteiger partial charge is 0.274 e. The number of hydrogen-bond acceptors (Lipinski definition) is 5. The lowest BCUT2D eigenvalue weighted by Gasteiger charge is -2.31. The van der Waals surface area contributed by atoms with Gasteiger partial charge in [-0.25, -0.2) is 18.7 Å². The van der Waals surface area contributed by atoms with Gasteiger partial charge >= 0.3 is 0 Å².